The lowest BCUT2D eigenvalue weighted by Gasteiger charge is -2.15. The fourth-order valence-corrected chi connectivity index (χ4v) is 2.28. The second-order valence-corrected chi connectivity index (χ2v) is 5.38. The van der Waals surface area contributed by atoms with Crippen molar-refractivity contribution in [2.45, 2.75) is 13.0 Å². The summed E-state index contributed by atoms with van der Waals surface area (Å²) in [5.74, 6) is 1.48. The maximum atomic E-state index is 11.6. The monoisotopic (exact) mass is 295 g/mol. The van der Waals surface area contributed by atoms with Crippen LogP contribution in [0, 0.1) is 12.3 Å². The summed E-state index contributed by atoms with van der Waals surface area (Å²) >= 11 is 1.39. The lowest BCUT2D eigenvalue weighted by Crippen LogP contribution is -2.29. The van der Waals surface area contributed by atoms with Crippen LogP contribution in [0.2, 0.25) is 0 Å². The molecule has 1 amide bonds. The second kappa shape index (κ2) is 7.62. The minimum atomic E-state index is -0.932. The van der Waals surface area contributed by atoms with Crippen molar-refractivity contribution in [2.24, 2.45) is 0 Å². The average molecular weight is 295 g/mol. The number of carbonyl (C=O) groups is 2. The number of rotatable bonds is 7. The molecule has 0 aromatic carbocycles. The van der Waals surface area contributed by atoms with Crippen LogP contribution >= 0.6 is 11.3 Å². The highest BCUT2D eigenvalue weighted by Gasteiger charge is 2.13. The van der Waals surface area contributed by atoms with E-state index in [0.29, 0.717) is 6.54 Å². The predicted octanol–water partition coefficient (Wildman–Crippen LogP) is 0.294. The first-order chi connectivity index (χ1) is 9.42. The Labute approximate surface area is 122 Å². The minimum Gasteiger partial charge on any atom is -0.480 e. The van der Waals surface area contributed by atoms with Gasteiger partial charge < -0.3 is 10.0 Å². The number of aliphatic carboxylic acids is 1. The van der Waals surface area contributed by atoms with Crippen molar-refractivity contribution in [1.29, 1.82) is 0 Å². The van der Waals surface area contributed by atoms with Crippen LogP contribution in [0.5, 0.6) is 0 Å². The van der Waals surface area contributed by atoms with E-state index < -0.39 is 5.97 Å². The first-order valence-electron chi connectivity index (χ1n) is 5.93. The van der Waals surface area contributed by atoms with E-state index in [1.165, 1.54) is 16.2 Å². The molecule has 7 heteroatoms. The highest BCUT2D eigenvalue weighted by Crippen LogP contribution is 2.13. The van der Waals surface area contributed by atoms with Crippen LogP contribution in [0.4, 0.5) is 0 Å². The van der Waals surface area contributed by atoms with Crippen molar-refractivity contribution >= 4 is 23.2 Å². The van der Waals surface area contributed by atoms with E-state index in [2.05, 4.69) is 10.9 Å². The number of likely N-dealkylation sites (N-methyl/N-ethyl adjacent to an activating group) is 1. The zero-order valence-corrected chi connectivity index (χ0v) is 12.3. The molecule has 20 heavy (non-hydrogen) atoms. The molecule has 0 aliphatic rings. The van der Waals surface area contributed by atoms with Gasteiger partial charge in [-0.05, 0) is 0 Å². The van der Waals surface area contributed by atoms with Gasteiger partial charge in [-0.25, -0.2) is 4.98 Å². The van der Waals surface area contributed by atoms with Crippen LogP contribution in [-0.2, 0) is 22.6 Å². The Morgan fingerprint density at radius 1 is 1.50 bits per heavy atom. The fraction of sp³-hybridized carbons (Fsp3) is 0.462. The molecule has 0 atom stereocenters. The van der Waals surface area contributed by atoms with Gasteiger partial charge in [0, 0.05) is 26.0 Å². The Bertz CT molecular complexity index is 519. The average Bonchev–Trinajstić information content (AvgIpc) is 2.75. The van der Waals surface area contributed by atoms with Gasteiger partial charge in [0.15, 0.2) is 0 Å². The van der Waals surface area contributed by atoms with Crippen molar-refractivity contribution < 1.29 is 14.7 Å². The summed E-state index contributed by atoms with van der Waals surface area (Å²) in [6, 6.07) is 0. The summed E-state index contributed by atoms with van der Waals surface area (Å²) in [5, 5.41) is 11.3. The topological polar surface area (TPSA) is 73.7 Å². The van der Waals surface area contributed by atoms with Crippen molar-refractivity contribution in [2.75, 3.05) is 27.2 Å². The van der Waals surface area contributed by atoms with Crippen LogP contribution in [0.15, 0.2) is 5.38 Å². The smallest absolute Gasteiger partial charge is 0.317 e. The van der Waals surface area contributed by atoms with Gasteiger partial charge in [0.2, 0.25) is 5.91 Å². The summed E-state index contributed by atoms with van der Waals surface area (Å²) in [7, 11) is 3.39. The van der Waals surface area contributed by atoms with Gasteiger partial charge in [0.05, 0.1) is 25.2 Å². The predicted molar refractivity (Wildman–Crippen MR) is 76.3 cm³/mol. The number of nitrogens with zero attached hydrogens (tertiary/aromatic N) is 3. The Balaban J connectivity index is 2.64. The van der Waals surface area contributed by atoms with Crippen LogP contribution in [-0.4, -0.2) is 59.0 Å². The molecule has 0 aliphatic carbocycles. The van der Waals surface area contributed by atoms with Gasteiger partial charge in [-0.1, -0.05) is 5.92 Å². The molecule has 0 radical (unpaired) electrons. The molecular formula is C13H17N3O3S. The third-order valence-electron chi connectivity index (χ3n) is 2.46. The maximum absolute atomic E-state index is 11.6. The van der Waals surface area contributed by atoms with E-state index in [4.69, 9.17) is 11.5 Å². The van der Waals surface area contributed by atoms with Crippen LogP contribution < -0.4 is 0 Å². The first-order valence-corrected chi connectivity index (χ1v) is 6.81. The molecule has 0 unspecified atom stereocenters. The first kappa shape index (κ1) is 16.1. The van der Waals surface area contributed by atoms with Crippen molar-refractivity contribution in [3.05, 3.63) is 16.1 Å². The molecule has 0 fully saturated rings. The SMILES string of the molecule is C#CCN(CC(=O)O)Cc1csc(CC(=O)N(C)C)n1. The van der Waals surface area contributed by atoms with E-state index in [1.54, 1.807) is 19.0 Å². The second-order valence-electron chi connectivity index (χ2n) is 4.44. The van der Waals surface area contributed by atoms with Crippen molar-refractivity contribution in [3.8, 4) is 12.3 Å². The Morgan fingerprint density at radius 2 is 2.20 bits per heavy atom. The summed E-state index contributed by atoms with van der Waals surface area (Å²) in [4.78, 5) is 29.7. The summed E-state index contributed by atoms with van der Waals surface area (Å²) in [6.07, 6.45) is 5.47. The third-order valence-corrected chi connectivity index (χ3v) is 3.36. The largest absolute Gasteiger partial charge is 0.480 e. The van der Waals surface area contributed by atoms with Crippen molar-refractivity contribution in [1.82, 2.24) is 14.8 Å². The molecule has 1 heterocycles. The minimum absolute atomic E-state index is 0.0167. The van der Waals surface area contributed by atoms with Gasteiger partial charge in [-0.3, -0.25) is 14.5 Å². The highest BCUT2D eigenvalue weighted by molar-refractivity contribution is 7.09. The van der Waals surface area contributed by atoms with Crippen LogP contribution in [0.1, 0.15) is 10.7 Å². The number of hydrogen-bond acceptors (Lipinski definition) is 5. The molecule has 1 aromatic rings. The van der Waals surface area contributed by atoms with Gasteiger partial charge in [0.1, 0.15) is 5.01 Å². The molecule has 0 bridgehead atoms. The van der Waals surface area contributed by atoms with Gasteiger partial charge in [-0.15, -0.1) is 17.8 Å². The molecule has 0 spiro atoms. The molecule has 108 valence electrons. The molecular weight excluding hydrogens is 278 g/mol. The van der Waals surface area contributed by atoms with Crippen LogP contribution in [0.3, 0.4) is 0 Å². The molecule has 0 saturated heterocycles. The number of carboxylic acid groups (broad SMARTS) is 1. The highest BCUT2D eigenvalue weighted by atomic mass is 32.1. The quantitative estimate of drug-likeness (QED) is 0.732. The fourth-order valence-electron chi connectivity index (χ4n) is 1.51. The number of amides is 1. The number of thiazole rings is 1. The maximum Gasteiger partial charge on any atom is 0.317 e. The van der Waals surface area contributed by atoms with E-state index in [1.807, 2.05) is 5.38 Å². The van der Waals surface area contributed by atoms with E-state index >= 15 is 0 Å². The number of carboxylic acids is 1. The van der Waals surface area contributed by atoms with E-state index in [9.17, 15) is 9.59 Å². The Hall–Kier alpha value is -1.91. The standard InChI is InChI=1S/C13H17N3O3S/c1-4-5-16(8-13(18)19)7-10-9-20-11(14-10)6-12(17)15(2)3/h1,9H,5-8H2,2-3H3,(H,18,19). The van der Waals surface area contributed by atoms with Gasteiger partial charge >= 0.3 is 5.97 Å². The molecule has 1 N–H and O–H groups in total. The molecule has 1 aromatic heterocycles. The lowest BCUT2D eigenvalue weighted by molar-refractivity contribution is -0.138. The summed E-state index contributed by atoms with van der Waals surface area (Å²) < 4.78 is 0. The molecule has 0 aliphatic heterocycles. The lowest BCUT2D eigenvalue weighted by atomic mass is 10.3. The normalized spacial score (nSPS) is 10.3. The molecule has 6 nitrogen and oxygen atoms in total. The number of aromatic nitrogens is 1. The number of carbonyl (C=O) groups excluding carboxylic acids is 1. The number of hydrogen-bond donors (Lipinski definition) is 1. The van der Waals surface area contributed by atoms with Gasteiger partial charge in [0.25, 0.3) is 0 Å². The third kappa shape index (κ3) is 5.38. The van der Waals surface area contributed by atoms with Gasteiger partial charge in [-0.2, -0.15) is 0 Å². The zero-order valence-electron chi connectivity index (χ0n) is 11.5. The van der Waals surface area contributed by atoms with E-state index in [-0.39, 0.29) is 25.4 Å². The summed E-state index contributed by atoms with van der Waals surface area (Å²) in [6.45, 7) is 0.479. The molecule has 1 rings (SSSR count). The molecule has 0 saturated carbocycles. The number of terminal acetylenes is 1. The Kier molecular flexibility index (Phi) is 6.15. The summed E-state index contributed by atoms with van der Waals surface area (Å²) in [5.41, 5.74) is 0.730. The van der Waals surface area contributed by atoms with E-state index in [0.717, 1.165) is 10.7 Å². The Morgan fingerprint density at radius 3 is 2.75 bits per heavy atom. The zero-order chi connectivity index (χ0) is 15.1. The van der Waals surface area contributed by atoms with Crippen LogP contribution in [0.25, 0.3) is 0 Å². The van der Waals surface area contributed by atoms with Crippen molar-refractivity contribution in [3.63, 3.8) is 0 Å².